The van der Waals surface area contributed by atoms with Gasteiger partial charge in [-0.2, -0.15) is 0 Å². The Balaban J connectivity index is 1.55. The molecule has 20 heavy (non-hydrogen) atoms. The van der Waals surface area contributed by atoms with E-state index >= 15 is 0 Å². The minimum atomic E-state index is 0.236. The number of guanidine groups is 1. The molecule has 0 aromatic carbocycles. The number of rotatable bonds is 3. The molecule has 1 aliphatic heterocycles. The molecule has 1 aromatic rings. The van der Waals surface area contributed by atoms with Gasteiger partial charge >= 0.3 is 0 Å². The largest absolute Gasteiger partial charge is 0.370 e. The molecule has 2 saturated carbocycles. The summed E-state index contributed by atoms with van der Waals surface area (Å²) in [4.78, 5) is 8.44. The van der Waals surface area contributed by atoms with E-state index in [4.69, 9.17) is 5.73 Å². The molecule has 4 heteroatoms. The molecule has 2 unspecified atom stereocenters. The van der Waals surface area contributed by atoms with Gasteiger partial charge in [0.15, 0.2) is 5.96 Å². The summed E-state index contributed by atoms with van der Waals surface area (Å²) in [5.41, 5.74) is 6.45. The van der Waals surface area contributed by atoms with Gasteiger partial charge in [-0.25, -0.2) is 0 Å². The summed E-state index contributed by atoms with van der Waals surface area (Å²) >= 11 is 1.83. The Bertz CT molecular complexity index is 506. The fourth-order valence-corrected chi connectivity index (χ4v) is 4.89. The predicted molar refractivity (Wildman–Crippen MR) is 83.8 cm³/mol. The molecule has 2 fully saturated rings. The smallest absolute Gasteiger partial charge is 0.192 e. The summed E-state index contributed by atoms with van der Waals surface area (Å²) < 4.78 is 0. The van der Waals surface area contributed by atoms with Crippen LogP contribution < -0.4 is 5.73 Å². The maximum Gasteiger partial charge on any atom is 0.192 e. The third-order valence-corrected chi connectivity index (χ3v) is 6.29. The van der Waals surface area contributed by atoms with E-state index in [1.54, 1.807) is 0 Å². The first kappa shape index (κ1) is 12.7. The zero-order valence-corrected chi connectivity index (χ0v) is 12.7. The average Bonchev–Trinajstić information content (AvgIpc) is 3.13. The molecule has 0 radical (unpaired) electrons. The molecule has 0 saturated heterocycles. The first-order valence-electron chi connectivity index (χ1n) is 7.87. The highest BCUT2D eigenvalue weighted by atomic mass is 32.1. The van der Waals surface area contributed by atoms with Crippen LogP contribution >= 0.6 is 11.3 Å². The van der Waals surface area contributed by atoms with E-state index in [9.17, 15) is 0 Å². The van der Waals surface area contributed by atoms with Gasteiger partial charge in [0.05, 0.1) is 18.6 Å². The number of aliphatic imine (C=N–C) groups is 1. The first-order valence-corrected chi connectivity index (χ1v) is 8.75. The van der Waals surface area contributed by atoms with Crippen molar-refractivity contribution < 1.29 is 0 Å². The van der Waals surface area contributed by atoms with Crippen molar-refractivity contribution in [1.29, 1.82) is 0 Å². The van der Waals surface area contributed by atoms with Crippen molar-refractivity contribution in [3.8, 4) is 0 Å². The Kier molecular flexibility index (Phi) is 3.02. The molecule has 0 amide bonds. The van der Waals surface area contributed by atoms with Crippen LogP contribution in [0.15, 0.2) is 22.5 Å². The Hall–Kier alpha value is -1.03. The van der Waals surface area contributed by atoms with Gasteiger partial charge in [0.25, 0.3) is 0 Å². The molecular formula is C16H23N3S. The molecular weight excluding hydrogens is 266 g/mol. The highest BCUT2D eigenvalue weighted by Gasteiger charge is 2.48. The van der Waals surface area contributed by atoms with E-state index in [1.807, 2.05) is 11.3 Å². The molecule has 3 nitrogen and oxygen atoms in total. The fourth-order valence-electron chi connectivity index (χ4n) is 4.19. The van der Waals surface area contributed by atoms with Gasteiger partial charge in [0.2, 0.25) is 0 Å². The van der Waals surface area contributed by atoms with Crippen molar-refractivity contribution >= 4 is 17.3 Å². The molecule has 4 rings (SSSR count). The molecule has 3 aliphatic rings. The summed E-state index contributed by atoms with van der Waals surface area (Å²) in [6.45, 7) is 1.87. The fraction of sp³-hybridized carbons (Fsp3) is 0.688. The summed E-state index contributed by atoms with van der Waals surface area (Å²) in [7, 11) is 0. The molecule has 0 bridgehead atoms. The van der Waals surface area contributed by atoms with Crippen molar-refractivity contribution in [3.63, 3.8) is 0 Å². The third kappa shape index (κ3) is 2.14. The summed E-state index contributed by atoms with van der Waals surface area (Å²) in [5, 5.41) is 2.15. The quantitative estimate of drug-likeness (QED) is 0.928. The van der Waals surface area contributed by atoms with Gasteiger partial charge in [0, 0.05) is 4.88 Å². The van der Waals surface area contributed by atoms with Gasteiger partial charge in [-0.15, -0.1) is 11.3 Å². The van der Waals surface area contributed by atoms with Crippen molar-refractivity contribution in [2.24, 2.45) is 22.6 Å². The van der Waals surface area contributed by atoms with Crippen LogP contribution in [0.5, 0.6) is 0 Å². The van der Waals surface area contributed by atoms with E-state index in [0.717, 1.165) is 30.9 Å². The first-order chi connectivity index (χ1) is 9.77. The van der Waals surface area contributed by atoms with Crippen LogP contribution in [0.3, 0.4) is 0 Å². The summed E-state index contributed by atoms with van der Waals surface area (Å²) in [6, 6.07) is 4.34. The van der Waals surface area contributed by atoms with E-state index in [-0.39, 0.29) is 5.54 Å². The van der Waals surface area contributed by atoms with Gasteiger partial charge in [0.1, 0.15) is 0 Å². The Labute approximate surface area is 124 Å². The Morgan fingerprint density at radius 2 is 2.25 bits per heavy atom. The van der Waals surface area contributed by atoms with E-state index in [1.165, 1.54) is 43.4 Å². The molecule has 2 N–H and O–H groups in total. The van der Waals surface area contributed by atoms with Crippen molar-refractivity contribution in [2.75, 3.05) is 6.54 Å². The maximum absolute atomic E-state index is 6.22. The van der Waals surface area contributed by atoms with Crippen molar-refractivity contribution in [2.45, 2.75) is 50.6 Å². The third-order valence-electron chi connectivity index (χ3n) is 5.43. The zero-order valence-electron chi connectivity index (χ0n) is 11.9. The second kappa shape index (κ2) is 4.76. The average molecular weight is 289 g/mol. The lowest BCUT2D eigenvalue weighted by Crippen LogP contribution is -2.53. The highest BCUT2D eigenvalue weighted by Crippen LogP contribution is 2.49. The topological polar surface area (TPSA) is 41.6 Å². The van der Waals surface area contributed by atoms with Gasteiger partial charge in [-0.1, -0.05) is 18.9 Å². The molecule has 1 spiro atoms. The lowest BCUT2D eigenvalue weighted by atomic mass is 9.73. The standard InChI is InChI=1S/C16H23N3S/c17-15-18-11-16(19(15)10-14-4-2-8-20-14)7-1-3-13(9-16)12-5-6-12/h2,4,8,12-13H,1,3,5-7,9-11H2,(H2,17,18). The van der Waals surface area contributed by atoms with Crippen LogP contribution in [0, 0.1) is 11.8 Å². The van der Waals surface area contributed by atoms with Crippen molar-refractivity contribution in [1.82, 2.24) is 4.90 Å². The minimum absolute atomic E-state index is 0.236. The van der Waals surface area contributed by atoms with Crippen LogP contribution in [0.1, 0.15) is 43.4 Å². The monoisotopic (exact) mass is 289 g/mol. The van der Waals surface area contributed by atoms with Crippen LogP contribution in [-0.4, -0.2) is 22.9 Å². The van der Waals surface area contributed by atoms with E-state index in [2.05, 4.69) is 27.4 Å². The van der Waals surface area contributed by atoms with E-state index < -0.39 is 0 Å². The molecule has 2 atom stereocenters. The van der Waals surface area contributed by atoms with Gasteiger partial charge in [-0.3, -0.25) is 4.99 Å². The molecule has 2 heterocycles. The second-order valence-electron chi connectivity index (χ2n) is 6.76. The Morgan fingerprint density at radius 1 is 1.35 bits per heavy atom. The molecule has 108 valence electrons. The number of nitrogens with zero attached hydrogens (tertiary/aromatic N) is 2. The summed E-state index contributed by atoms with van der Waals surface area (Å²) in [6.07, 6.45) is 8.28. The van der Waals surface area contributed by atoms with Crippen LogP contribution in [0.4, 0.5) is 0 Å². The number of thiophene rings is 1. The predicted octanol–water partition coefficient (Wildman–Crippen LogP) is 3.22. The van der Waals surface area contributed by atoms with Gasteiger partial charge < -0.3 is 10.6 Å². The number of nitrogens with two attached hydrogens (primary N) is 1. The number of hydrogen-bond donors (Lipinski definition) is 1. The highest BCUT2D eigenvalue weighted by molar-refractivity contribution is 7.09. The second-order valence-corrected chi connectivity index (χ2v) is 7.79. The van der Waals surface area contributed by atoms with Crippen LogP contribution in [-0.2, 0) is 6.54 Å². The van der Waals surface area contributed by atoms with Crippen LogP contribution in [0.25, 0.3) is 0 Å². The number of hydrogen-bond acceptors (Lipinski definition) is 4. The lowest BCUT2D eigenvalue weighted by Gasteiger charge is -2.45. The SMILES string of the molecule is NC1=NCC2(CCCC(C3CC3)C2)N1Cc1cccs1. The van der Waals surface area contributed by atoms with Gasteiger partial charge in [-0.05, 0) is 49.0 Å². The van der Waals surface area contributed by atoms with Crippen molar-refractivity contribution in [3.05, 3.63) is 22.4 Å². The lowest BCUT2D eigenvalue weighted by molar-refractivity contribution is 0.0951. The minimum Gasteiger partial charge on any atom is -0.370 e. The zero-order chi connectivity index (χ0) is 13.6. The van der Waals surface area contributed by atoms with Crippen LogP contribution in [0.2, 0.25) is 0 Å². The normalized spacial score (nSPS) is 33.7. The summed E-state index contributed by atoms with van der Waals surface area (Å²) in [5.74, 6) is 2.71. The molecule has 1 aromatic heterocycles. The maximum atomic E-state index is 6.22. The Morgan fingerprint density at radius 3 is 3.00 bits per heavy atom. The van der Waals surface area contributed by atoms with E-state index in [0.29, 0.717) is 0 Å². The molecule has 2 aliphatic carbocycles.